The number of anilines is 1. The Morgan fingerprint density at radius 2 is 1.81 bits per heavy atom. The number of ether oxygens (including phenoxy) is 1. The van der Waals surface area contributed by atoms with Gasteiger partial charge in [-0.2, -0.15) is 10.2 Å². The van der Waals surface area contributed by atoms with Gasteiger partial charge in [0.05, 0.1) is 24.7 Å². The van der Waals surface area contributed by atoms with E-state index in [1.165, 1.54) is 13.3 Å². The van der Waals surface area contributed by atoms with Crippen LogP contribution in [0.5, 0.6) is 6.01 Å². The Hall–Kier alpha value is -4.81. The number of nitriles is 1. The van der Waals surface area contributed by atoms with Crippen LogP contribution in [-0.2, 0) is 0 Å². The van der Waals surface area contributed by atoms with E-state index in [4.69, 9.17) is 16.3 Å². The standard InChI is InChI=1S/C27H20ClN7O2/c1-16(33-24-18(12-29)13-30-26(28)34-24)22-11-17-7-6-10-21(19-14-31-27(37-2)32-15-19)23(17)25(36)35(22)20-8-4-3-5-9-20/h3-11,13-16H,1-2H3,(H,30,33,34). The lowest BCUT2D eigenvalue weighted by molar-refractivity contribution is 0.380. The molecule has 5 aromatic rings. The maximum Gasteiger partial charge on any atom is 0.316 e. The molecule has 0 fully saturated rings. The van der Waals surface area contributed by atoms with Gasteiger partial charge in [-0.1, -0.05) is 36.4 Å². The molecule has 0 bridgehead atoms. The largest absolute Gasteiger partial charge is 0.467 e. The maximum absolute atomic E-state index is 14.2. The topological polar surface area (TPSA) is 119 Å². The number of nitrogens with one attached hydrogen (secondary N) is 1. The number of benzene rings is 2. The van der Waals surface area contributed by atoms with Crippen molar-refractivity contribution < 1.29 is 4.74 Å². The molecule has 182 valence electrons. The number of pyridine rings is 1. The molecule has 0 spiro atoms. The summed E-state index contributed by atoms with van der Waals surface area (Å²) in [5.74, 6) is 0.284. The minimum atomic E-state index is -0.427. The number of aromatic nitrogens is 5. The summed E-state index contributed by atoms with van der Waals surface area (Å²) in [4.78, 5) is 30.6. The van der Waals surface area contributed by atoms with Gasteiger partial charge in [0, 0.05) is 29.3 Å². The highest BCUT2D eigenvalue weighted by atomic mass is 35.5. The first-order chi connectivity index (χ1) is 18.0. The molecular formula is C27H20ClN7O2. The Labute approximate surface area is 217 Å². The van der Waals surface area contributed by atoms with E-state index in [9.17, 15) is 10.1 Å². The van der Waals surface area contributed by atoms with E-state index in [1.807, 2.05) is 61.5 Å². The maximum atomic E-state index is 14.2. The van der Waals surface area contributed by atoms with Gasteiger partial charge in [-0.05, 0) is 47.7 Å². The number of rotatable bonds is 6. The lowest BCUT2D eigenvalue weighted by atomic mass is 9.99. The average molecular weight is 510 g/mol. The average Bonchev–Trinajstić information content (AvgIpc) is 2.93. The second kappa shape index (κ2) is 10.0. The molecule has 0 saturated heterocycles. The van der Waals surface area contributed by atoms with E-state index in [2.05, 4.69) is 31.3 Å². The van der Waals surface area contributed by atoms with E-state index in [0.29, 0.717) is 27.9 Å². The number of hydrogen-bond donors (Lipinski definition) is 1. The second-order valence-electron chi connectivity index (χ2n) is 8.15. The molecule has 3 aromatic heterocycles. The van der Waals surface area contributed by atoms with Crippen LogP contribution in [0, 0.1) is 11.3 Å². The summed E-state index contributed by atoms with van der Waals surface area (Å²) in [5, 5.41) is 14.0. The quantitative estimate of drug-likeness (QED) is 0.319. The van der Waals surface area contributed by atoms with Gasteiger partial charge in [0.15, 0.2) is 0 Å². The van der Waals surface area contributed by atoms with Crippen LogP contribution in [0.1, 0.15) is 24.2 Å². The molecule has 0 aliphatic rings. The second-order valence-corrected chi connectivity index (χ2v) is 8.49. The van der Waals surface area contributed by atoms with E-state index in [0.717, 1.165) is 5.39 Å². The zero-order valence-corrected chi connectivity index (χ0v) is 20.6. The summed E-state index contributed by atoms with van der Waals surface area (Å²) in [5.41, 5.74) is 2.80. The molecule has 0 aliphatic heterocycles. The highest BCUT2D eigenvalue weighted by molar-refractivity contribution is 6.28. The van der Waals surface area contributed by atoms with E-state index in [1.54, 1.807) is 17.0 Å². The number of nitrogens with zero attached hydrogens (tertiary/aromatic N) is 6. The van der Waals surface area contributed by atoms with Crippen molar-refractivity contribution in [2.24, 2.45) is 0 Å². The molecule has 0 aliphatic carbocycles. The first kappa shape index (κ1) is 23.9. The molecule has 3 heterocycles. The zero-order chi connectivity index (χ0) is 25.9. The van der Waals surface area contributed by atoms with Crippen LogP contribution in [0.2, 0.25) is 5.28 Å². The molecule has 2 aromatic carbocycles. The van der Waals surface area contributed by atoms with Gasteiger partial charge in [0.2, 0.25) is 5.28 Å². The third kappa shape index (κ3) is 4.58. The summed E-state index contributed by atoms with van der Waals surface area (Å²) in [6, 6.07) is 18.8. The van der Waals surface area contributed by atoms with Crippen LogP contribution in [0.3, 0.4) is 0 Å². The highest BCUT2D eigenvalue weighted by Gasteiger charge is 2.20. The first-order valence-electron chi connectivity index (χ1n) is 11.3. The fourth-order valence-electron chi connectivity index (χ4n) is 4.18. The zero-order valence-electron chi connectivity index (χ0n) is 19.9. The van der Waals surface area contributed by atoms with Crippen LogP contribution in [0.15, 0.2) is 78.0 Å². The van der Waals surface area contributed by atoms with E-state index >= 15 is 0 Å². The van der Waals surface area contributed by atoms with Gasteiger partial charge in [0.25, 0.3) is 5.56 Å². The van der Waals surface area contributed by atoms with Crippen molar-refractivity contribution in [2.75, 3.05) is 12.4 Å². The third-order valence-electron chi connectivity index (χ3n) is 5.89. The summed E-state index contributed by atoms with van der Waals surface area (Å²) in [6.07, 6.45) is 4.62. The van der Waals surface area contributed by atoms with Crippen molar-refractivity contribution in [2.45, 2.75) is 13.0 Å². The SMILES string of the molecule is COc1ncc(-c2cccc3cc(C(C)Nc4nc(Cl)ncc4C#N)n(-c4ccccc4)c(=O)c23)cn1. The Morgan fingerprint density at radius 3 is 2.51 bits per heavy atom. The third-order valence-corrected chi connectivity index (χ3v) is 6.07. The molecule has 1 atom stereocenters. The Bertz CT molecular complexity index is 1700. The molecule has 1 unspecified atom stereocenters. The molecule has 5 rings (SSSR count). The van der Waals surface area contributed by atoms with Crippen molar-refractivity contribution in [3.05, 3.63) is 100 Å². The lowest BCUT2D eigenvalue weighted by Crippen LogP contribution is -2.26. The van der Waals surface area contributed by atoms with Gasteiger partial charge >= 0.3 is 6.01 Å². The number of para-hydroxylation sites is 1. The number of fused-ring (bicyclic) bond motifs is 1. The Balaban J connectivity index is 1.73. The van der Waals surface area contributed by atoms with Crippen LogP contribution >= 0.6 is 11.6 Å². The first-order valence-corrected chi connectivity index (χ1v) is 11.7. The van der Waals surface area contributed by atoms with Crippen molar-refractivity contribution >= 4 is 28.2 Å². The van der Waals surface area contributed by atoms with Crippen LogP contribution in [0.4, 0.5) is 5.82 Å². The molecule has 9 nitrogen and oxygen atoms in total. The number of halogens is 1. The van der Waals surface area contributed by atoms with Gasteiger partial charge in [0.1, 0.15) is 17.5 Å². The molecule has 0 amide bonds. The molecule has 10 heteroatoms. The van der Waals surface area contributed by atoms with Gasteiger partial charge in [-0.15, -0.1) is 0 Å². The van der Waals surface area contributed by atoms with Gasteiger partial charge in [-0.3, -0.25) is 9.36 Å². The lowest BCUT2D eigenvalue weighted by Gasteiger charge is -2.22. The van der Waals surface area contributed by atoms with Gasteiger partial charge < -0.3 is 10.1 Å². The van der Waals surface area contributed by atoms with Crippen LogP contribution in [0.25, 0.3) is 27.6 Å². The van der Waals surface area contributed by atoms with Crippen molar-refractivity contribution in [1.82, 2.24) is 24.5 Å². The predicted octanol–water partition coefficient (Wildman–Crippen LogP) is 4.94. The molecular weight excluding hydrogens is 490 g/mol. The minimum absolute atomic E-state index is 0.0130. The Morgan fingerprint density at radius 1 is 1.05 bits per heavy atom. The van der Waals surface area contributed by atoms with Gasteiger partial charge in [-0.25, -0.2) is 15.0 Å². The van der Waals surface area contributed by atoms with Crippen molar-refractivity contribution in [1.29, 1.82) is 5.26 Å². The summed E-state index contributed by atoms with van der Waals surface area (Å²) < 4.78 is 6.73. The van der Waals surface area contributed by atoms with Crippen LogP contribution in [-0.4, -0.2) is 31.6 Å². The minimum Gasteiger partial charge on any atom is -0.467 e. The van der Waals surface area contributed by atoms with E-state index in [-0.39, 0.29) is 28.2 Å². The summed E-state index contributed by atoms with van der Waals surface area (Å²) in [7, 11) is 1.50. The summed E-state index contributed by atoms with van der Waals surface area (Å²) >= 11 is 5.98. The molecule has 0 saturated carbocycles. The van der Waals surface area contributed by atoms with Crippen LogP contribution < -0.4 is 15.6 Å². The van der Waals surface area contributed by atoms with Crippen molar-refractivity contribution in [3.63, 3.8) is 0 Å². The predicted molar refractivity (Wildman–Crippen MR) is 141 cm³/mol. The van der Waals surface area contributed by atoms with E-state index < -0.39 is 6.04 Å². The number of hydrogen-bond acceptors (Lipinski definition) is 8. The molecule has 1 N–H and O–H groups in total. The molecule has 0 radical (unpaired) electrons. The van der Waals surface area contributed by atoms with Crippen molar-refractivity contribution in [3.8, 4) is 28.9 Å². The molecule has 37 heavy (non-hydrogen) atoms. The highest BCUT2D eigenvalue weighted by Crippen LogP contribution is 2.30. The monoisotopic (exact) mass is 509 g/mol. The fourth-order valence-corrected chi connectivity index (χ4v) is 4.31. The number of methoxy groups -OCH3 is 1. The Kier molecular flexibility index (Phi) is 6.49. The smallest absolute Gasteiger partial charge is 0.316 e. The summed E-state index contributed by atoms with van der Waals surface area (Å²) in [6.45, 7) is 1.89. The fraction of sp³-hybridized carbons (Fsp3) is 0.111. The normalized spacial score (nSPS) is 11.6.